The molecule has 6 rings (SSSR count). The van der Waals surface area contributed by atoms with Gasteiger partial charge in [-0.25, -0.2) is 4.98 Å². The van der Waals surface area contributed by atoms with Crippen LogP contribution in [0.2, 0.25) is 0 Å². The van der Waals surface area contributed by atoms with Gasteiger partial charge in [0.1, 0.15) is 5.65 Å². The Balaban J connectivity index is 1.82. The van der Waals surface area contributed by atoms with Crippen LogP contribution in [-0.2, 0) is 0 Å². The summed E-state index contributed by atoms with van der Waals surface area (Å²) in [6, 6.07) is 23.9. The zero-order chi connectivity index (χ0) is 20.4. The molecule has 3 nitrogen and oxygen atoms in total. The predicted molar refractivity (Wildman–Crippen MR) is 128 cm³/mol. The molecule has 0 radical (unpaired) electrons. The third kappa shape index (κ3) is 2.25. The number of rotatable bonds is 1. The molecule has 0 bridgehead atoms. The fourth-order valence-electron chi connectivity index (χ4n) is 5.14. The number of hydrogen-bond acceptors (Lipinski definition) is 2. The molecule has 0 unspecified atom stereocenters. The normalized spacial score (nSPS) is 13.6. The summed E-state index contributed by atoms with van der Waals surface area (Å²) in [5, 5.41) is 3.71. The lowest BCUT2D eigenvalue weighted by Gasteiger charge is -2.30. The second-order valence-electron chi connectivity index (χ2n) is 8.29. The van der Waals surface area contributed by atoms with Crippen molar-refractivity contribution in [3.63, 3.8) is 0 Å². The molecule has 144 valence electrons. The monoisotopic (exact) mass is 387 g/mol. The van der Waals surface area contributed by atoms with Crippen LogP contribution >= 0.6 is 0 Å². The van der Waals surface area contributed by atoms with E-state index in [0.717, 1.165) is 11.3 Å². The van der Waals surface area contributed by atoms with E-state index in [9.17, 15) is 0 Å². The fraction of sp³-hybridized carbons (Fsp3) is 0.115. The van der Waals surface area contributed by atoms with Gasteiger partial charge in [-0.2, -0.15) is 0 Å². The maximum atomic E-state index is 5.15. The Morgan fingerprint density at radius 2 is 1.43 bits per heavy atom. The van der Waals surface area contributed by atoms with Gasteiger partial charge in [0, 0.05) is 16.4 Å². The van der Waals surface area contributed by atoms with Crippen LogP contribution in [0.3, 0.4) is 0 Å². The molecule has 0 spiro atoms. The highest BCUT2D eigenvalue weighted by molar-refractivity contribution is 6.84. The van der Waals surface area contributed by atoms with E-state index in [1.807, 2.05) is 0 Å². The molecule has 0 N–H and O–H groups in total. The smallest absolute Gasteiger partial charge is 0.344 e. The average molecular weight is 387 g/mol. The molecule has 1 aliphatic heterocycles. The summed E-state index contributed by atoms with van der Waals surface area (Å²) in [5.74, 6) is 0. The van der Waals surface area contributed by atoms with Crippen molar-refractivity contribution < 1.29 is 0 Å². The van der Waals surface area contributed by atoms with E-state index < -0.39 is 0 Å². The van der Waals surface area contributed by atoms with Gasteiger partial charge in [0.25, 0.3) is 0 Å². The lowest BCUT2D eigenvalue weighted by molar-refractivity contribution is 0.725. The summed E-state index contributed by atoms with van der Waals surface area (Å²) in [7, 11) is 2.17. The van der Waals surface area contributed by atoms with E-state index in [1.54, 1.807) is 0 Å². The Morgan fingerprint density at radius 1 is 0.767 bits per heavy atom. The minimum absolute atomic E-state index is 0.116. The number of aryl methyl sites for hydroxylation is 2. The largest absolute Gasteiger partial charge is 0.414 e. The Bertz CT molecular complexity index is 1480. The van der Waals surface area contributed by atoms with Crippen LogP contribution < -0.4 is 11.1 Å². The summed E-state index contributed by atoms with van der Waals surface area (Å²) in [6.07, 6.45) is 4.31. The molecule has 0 aliphatic carbocycles. The molecule has 2 aromatic heterocycles. The summed E-state index contributed by atoms with van der Waals surface area (Å²) in [6.45, 7) is 4.54. The molecule has 4 heteroatoms. The Labute approximate surface area is 176 Å². The van der Waals surface area contributed by atoms with Gasteiger partial charge in [-0.05, 0) is 50.1 Å². The standard InChI is InChI=1S/C26H22BN3/c1-17-9-8-10-18(2)24(17)27-25-22(15-16-29(27)3)28-26-21-13-5-4-11-19(21)20-12-6-7-14-23(20)30(25)26/h4-16H,1-3H3. The number of benzene rings is 3. The Hall–Kier alpha value is -3.53. The van der Waals surface area contributed by atoms with Crippen LogP contribution in [0.5, 0.6) is 0 Å². The summed E-state index contributed by atoms with van der Waals surface area (Å²) >= 11 is 0. The average Bonchev–Trinajstić information content (AvgIpc) is 3.15. The van der Waals surface area contributed by atoms with Crippen molar-refractivity contribution in [2.45, 2.75) is 13.8 Å². The second kappa shape index (κ2) is 6.23. The molecule has 1 aliphatic rings. The molecular weight excluding hydrogens is 365 g/mol. The minimum Gasteiger partial charge on any atom is -0.414 e. The van der Waals surface area contributed by atoms with Crippen molar-refractivity contribution in [3.05, 3.63) is 89.8 Å². The molecule has 0 fully saturated rings. The molecule has 0 amide bonds. The molecule has 5 aromatic rings. The predicted octanol–water partition coefficient (Wildman–Crippen LogP) is 4.28. The second-order valence-corrected chi connectivity index (χ2v) is 8.29. The van der Waals surface area contributed by atoms with E-state index in [0.29, 0.717) is 0 Å². The third-order valence-electron chi connectivity index (χ3n) is 6.49. The van der Waals surface area contributed by atoms with Gasteiger partial charge < -0.3 is 9.21 Å². The topological polar surface area (TPSA) is 20.5 Å². The molecule has 3 aromatic carbocycles. The highest BCUT2D eigenvalue weighted by Crippen LogP contribution is 2.30. The van der Waals surface area contributed by atoms with Crippen LogP contribution in [0.1, 0.15) is 16.8 Å². The lowest BCUT2D eigenvalue weighted by atomic mass is 9.48. The minimum atomic E-state index is 0.116. The zero-order valence-electron chi connectivity index (χ0n) is 17.4. The quantitative estimate of drug-likeness (QED) is 0.316. The van der Waals surface area contributed by atoms with Gasteiger partial charge >= 0.3 is 6.85 Å². The van der Waals surface area contributed by atoms with Crippen LogP contribution in [0.15, 0.2) is 72.9 Å². The number of hydrogen-bond donors (Lipinski definition) is 0. The van der Waals surface area contributed by atoms with Crippen molar-refractivity contribution in [2.24, 2.45) is 0 Å². The first-order chi connectivity index (χ1) is 14.6. The van der Waals surface area contributed by atoms with E-state index in [-0.39, 0.29) is 6.85 Å². The maximum absolute atomic E-state index is 5.15. The van der Waals surface area contributed by atoms with Crippen molar-refractivity contribution in [1.82, 2.24) is 14.2 Å². The molecule has 0 saturated carbocycles. The first kappa shape index (κ1) is 17.3. The summed E-state index contributed by atoms with van der Waals surface area (Å²) in [5.41, 5.74) is 8.54. The molecule has 0 atom stereocenters. The van der Waals surface area contributed by atoms with Crippen LogP contribution in [0, 0.1) is 13.8 Å². The van der Waals surface area contributed by atoms with E-state index in [1.165, 1.54) is 43.9 Å². The van der Waals surface area contributed by atoms with Gasteiger partial charge in [0.15, 0.2) is 0 Å². The number of nitrogens with zero attached hydrogens (tertiary/aromatic N) is 3. The van der Waals surface area contributed by atoms with Crippen LogP contribution in [0.25, 0.3) is 33.4 Å². The molecule has 30 heavy (non-hydrogen) atoms. The summed E-state index contributed by atoms with van der Waals surface area (Å²) in [4.78, 5) is 7.47. The fourth-order valence-corrected chi connectivity index (χ4v) is 5.14. The lowest BCUT2D eigenvalue weighted by Crippen LogP contribution is -2.58. The van der Waals surface area contributed by atoms with Gasteiger partial charge in [-0.1, -0.05) is 71.8 Å². The molecular formula is C26H22BN3. The van der Waals surface area contributed by atoms with Crippen molar-refractivity contribution in [3.8, 4) is 0 Å². The Morgan fingerprint density at radius 3 is 2.20 bits per heavy atom. The summed E-state index contributed by atoms with van der Waals surface area (Å²) < 4.78 is 2.39. The molecule has 0 saturated heterocycles. The van der Waals surface area contributed by atoms with Gasteiger partial charge in [0.2, 0.25) is 0 Å². The van der Waals surface area contributed by atoms with Gasteiger partial charge in [-0.15, -0.1) is 0 Å². The van der Waals surface area contributed by atoms with Crippen LogP contribution in [0.4, 0.5) is 0 Å². The van der Waals surface area contributed by atoms with E-state index in [2.05, 4.69) is 109 Å². The van der Waals surface area contributed by atoms with Gasteiger partial charge in [-0.3, -0.25) is 0 Å². The zero-order valence-corrected chi connectivity index (χ0v) is 17.4. The highest BCUT2D eigenvalue weighted by Gasteiger charge is 2.35. The maximum Gasteiger partial charge on any atom is 0.344 e. The van der Waals surface area contributed by atoms with Crippen molar-refractivity contribution in [1.29, 1.82) is 0 Å². The first-order valence-electron chi connectivity index (χ1n) is 10.4. The van der Waals surface area contributed by atoms with Crippen LogP contribution in [-0.4, -0.2) is 28.1 Å². The first-order valence-corrected chi connectivity index (χ1v) is 10.4. The van der Waals surface area contributed by atoms with E-state index >= 15 is 0 Å². The number of aromatic nitrogens is 2. The Kier molecular flexibility index (Phi) is 3.60. The number of pyridine rings is 1. The van der Waals surface area contributed by atoms with Crippen molar-refractivity contribution in [2.75, 3.05) is 7.05 Å². The SMILES string of the molecule is Cc1cccc(C)c1B1c2c(nc3c4ccccc4c4ccccc4n23)C=CN1C. The molecule has 3 heterocycles. The highest BCUT2D eigenvalue weighted by atomic mass is 15.1. The van der Waals surface area contributed by atoms with Crippen molar-refractivity contribution >= 4 is 51.3 Å². The number of para-hydroxylation sites is 1. The van der Waals surface area contributed by atoms with Gasteiger partial charge in [0.05, 0.1) is 11.2 Å². The number of imidazole rings is 1. The van der Waals surface area contributed by atoms with E-state index in [4.69, 9.17) is 4.98 Å². The number of fused-ring (bicyclic) bond motifs is 8. The third-order valence-corrected chi connectivity index (χ3v) is 6.49.